The predicted molar refractivity (Wildman–Crippen MR) is 141 cm³/mol. The van der Waals surface area contributed by atoms with Crippen LogP contribution in [0, 0.1) is 6.92 Å². The molecule has 6 rings (SSSR count). The van der Waals surface area contributed by atoms with Crippen LogP contribution in [0.25, 0.3) is 22.9 Å². The number of ether oxygens (including phenoxy) is 1. The summed E-state index contributed by atoms with van der Waals surface area (Å²) in [6.45, 7) is 2.22. The van der Waals surface area contributed by atoms with E-state index in [9.17, 15) is 13.2 Å². The standard InChI is InChI=1S/C28H28F3N7O/c1-16-25(18-3-5-22(6-4-18)39-28(30)31)36-26(35-16)19-7-9-37(10-8-19)27-23-11-20(12-24(23)32-15-33-27)21-13-34-38(14-21)17(2)29/h3-6,11,13-15,17,19,28H,7-10,12H2,1-2H3,(H,35,36). The molecule has 0 bridgehead atoms. The second-order valence-electron chi connectivity index (χ2n) is 9.95. The van der Waals surface area contributed by atoms with E-state index in [2.05, 4.69) is 35.8 Å². The Kier molecular flexibility index (Phi) is 6.58. The molecule has 4 heterocycles. The van der Waals surface area contributed by atoms with Gasteiger partial charge < -0.3 is 14.6 Å². The van der Waals surface area contributed by atoms with Gasteiger partial charge in [-0.2, -0.15) is 13.9 Å². The minimum atomic E-state index is -2.85. The summed E-state index contributed by atoms with van der Waals surface area (Å²) in [5.41, 5.74) is 6.53. The van der Waals surface area contributed by atoms with Gasteiger partial charge in [-0.25, -0.2) is 24.0 Å². The summed E-state index contributed by atoms with van der Waals surface area (Å²) in [4.78, 5) is 19.7. The maximum atomic E-state index is 13.6. The first-order valence-electron chi connectivity index (χ1n) is 13.0. The Bertz CT molecular complexity index is 1500. The van der Waals surface area contributed by atoms with Crippen LogP contribution in [0.1, 0.15) is 60.3 Å². The number of piperidine rings is 1. The van der Waals surface area contributed by atoms with Crippen molar-refractivity contribution in [1.29, 1.82) is 0 Å². The van der Waals surface area contributed by atoms with Crippen LogP contribution in [-0.2, 0) is 6.42 Å². The van der Waals surface area contributed by atoms with Crippen LogP contribution in [-0.4, -0.2) is 49.4 Å². The van der Waals surface area contributed by atoms with E-state index in [4.69, 9.17) is 4.98 Å². The van der Waals surface area contributed by atoms with Gasteiger partial charge in [0, 0.05) is 54.0 Å². The van der Waals surface area contributed by atoms with E-state index in [1.165, 1.54) is 23.7 Å². The van der Waals surface area contributed by atoms with Gasteiger partial charge in [0.2, 0.25) is 0 Å². The zero-order chi connectivity index (χ0) is 27.1. The van der Waals surface area contributed by atoms with Crippen LogP contribution in [0.5, 0.6) is 5.75 Å². The van der Waals surface area contributed by atoms with Crippen molar-refractivity contribution in [3.05, 3.63) is 71.3 Å². The Labute approximate surface area is 223 Å². The summed E-state index contributed by atoms with van der Waals surface area (Å²) < 4.78 is 44.3. The second kappa shape index (κ2) is 10.2. The molecule has 1 aromatic carbocycles. The number of benzene rings is 1. The summed E-state index contributed by atoms with van der Waals surface area (Å²) in [5.74, 6) is 2.24. The Morgan fingerprint density at radius 1 is 1.05 bits per heavy atom. The minimum Gasteiger partial charge on any atom is -0.435 e. The number of nitrogens with one attached hydrogen (secondary N) is 1. The highest BCUT2D eigenvalue weighted by molar-refractivity contribution is 5.90. The molecule has 1 aliphatic carbocycles. The largest absolute Gasteiger partial charge is 0.435 e. The molecule has 2 aliphatic rings. The van der Waals surface area contributed by atoms with Gasteiger partial charge in [0.15, 0.2) is 6.30 Å². The third-order valence-electron chi connectivity index (χ3n) is 7.40. The Balaban J connectivity index is 1.15. The van der Waals surface area contributed by atoms with Crippen molar-refractivity contribution < 1.29 is 17.9 Å². The Morgan fingerprint density at radius 3 is 2.51 bits per heavy atom. The maximum Gasteiger partial charge on any atom is 0.387 e. The Morgan fingerprint density at radius 2 is 1.82 bits per heavy atom. The average molecular weight is 536 g/mol. The molecule has 1 N–H and O–H groups in total. The van der Waals surface area contributed by atoms with E-state index in [-0.39, 0.29) is 11.7 Å². The van der Waals surface area contributed by atoms with Crippen molar-refractivity contribution >= 4 is 17.5 Å². The number of anilines is 1. The Hall–Kier alpha value is -4.15. The predicted octanol–water partition coefficient (Wildman–Crippen LogP) is 5.94. The van der Waals surface area contributed by atoms with E-state index >= 15 is 0 Å². The molecule has 1 saturated heterocycles. The third kappa shape index (κ3) is 5.00. The molecule has 1 fully saturated rings. The van der Waals surface area contributed by atoms with E-state index < -0.39 is 12.9 Å². The minimum absolute atomic E-state index is 0.122. The lowest BCUT2D eigenvalue weighted by Crippen LogP contribution is -2.34. The molecular formula is C28H28F3N7O. The van der Waals surface area contributed by atoms with Crippen molar-refractivity contribution in [3.63, 3.8) is 0 Å². The van der Waals surface area contributed by atoms with Gasteiger partial charge in [0.05, 0.1) is 17.6 Å². The molecule has 1 atom stereocenters. The highest BCUT2D eigenvalue weighted by Crippen LogP contribution is 2.37. The number of aryl methyl sites for hydroxylation is 1. The molecule has 0 amide bonds. The van der Waals surface area contributed by atoms with Crippen molar-refractivity contribution in [2.45, 2.75) is 51.9 Å². The molecule has 8 nitrogen and oxygen atoms in total. The number of hydrogen-bond donors (Lipinski definition) is 1. The highest BCUT2D eigenvalue weighted by Gasteiger charge is 2.28. The van der Waals surface area contributed by atoms with Crippen LogP contribution in [0.3, 0.4) is 0 Å². The molecule has 0 spiro atoms. The van der Waals surface area contributed by atoms with Crippen LogP contribution in [0.15, 0.2) is 43.0 Å². The van der Waals surface area contributed by atoms with Crippen LogP contribution in [0.4, 0.5) is 19.0 Å². The highest BCUT2D eigenvalue weighted by atomic mass is 19.3. The van der Waals surface area contributed by atoms with Gasteiger partial charge in [-0.1, -0.05) is 0 Å². The van der Waals surface area contributed by atoms with Gasteiger partial charge in [0.1, 0.15) is 23.7 Å². The number of aromatic nitrogens is 6. The summed E-state index contributed by atoms with van der Waals surface area (Å²) in [7, 11) is 0. The summed E-state index contributed by atoms with van der Waals surface area (Å²) in [6.07, 6.45) is 8.43. The van der Waals surface area contributed by atoms with E-state index in [1.54, 1.807) is 30.9 Å². The number of halogens is 3. The van der Waals surface area contributed by atoms with Crippen molar-refractivity contribution in [3.8, 4) is 17.0 Å². The van der Waals surface area contributed by atoms with E-state index in [0.29, 0.717) is 6.42 Å². The normalized spacial score (nSPS) is 16.5. The first-order valence-corrected chi connectivity index (χ1v) is 13.0. The van der Waals surface area contributed by atoms with Crippen LogP contribution < -0.4 is 9.64 Å². The van der Waals surface area contributed by atoms with Gasteiger partial charge in [-0.3, -0.25) is 0 Å². The molecule has 3 aromatic heterocycles. The summed E-state index contributed by atoms with van der Waals surface area (Å²) in [6, 6.07) is 6.55. The number of allylic oxidation sites excluding steroid dienone is 1. The number of aromatic amines is 1. The SMILES string of the molecule is Cc1[nH]c(C2CCN(c3ncnc4c3C=C(c3cnn(C(C)F)c3)C4)CC2)nc1-c1ccc(OC(F)F)cc1. The van der Waals surface area contributed by atoms with Gasteiger partial charge >= 0.3 is 6.61 Å². The first kappa shape index (κ1) is 25.1. The number of rotatable bonds is 7. The summed E-state index contributed by atoms with van der Waals surface area (Å²) >= 11 is 0. The molecule has 202 valence electrons. The fraction of sp³-hybridized carbons (Fsp3) is 0.357. The van der Waals surface area contributed by atoms with Gasteiger partial charge in [-0.15, -0.1) is 0 Å². The molecule has 4 aromatic rings. The quantitative estimate of drug-likeness (QED) is 0.315. The molecule has 39 heavy (non-hydrogen) atoms. The van der Waals surface area contributed by atoms with Crippen molar-refractivity contribution in [2.75, 3.05) is 18.0 Å². The van der Waals surface area contributed by atoms with E-state index in [0.717, 1.165) is 76.9 Å². The number of imidazole rings is 1. The number of fused-ring (bicyclic) bond motifs is 1. The zero-order valence-electron chi connectivity index (χ0n) is 21.6. The molecule has 0 radical (unpaired) electrons. The molecular weight excluding hydrogens is 507 g/mol. The number of H-pyrrole nitrogens is 1. The fourth-order valence-electron chi connectivity index (χ4n) is 5.37. The lowest BCUT2D eigenvalue weighted by Gasteiger charge is -2.32. The zero-order valence-corrected chi connectivity index (χ0v) is 21.6. The number of nitrogens with zero attached hydrogens (tertiary/aromatic N) is 6. The first-order chi connectivity index (χ1) is 18.9. The fourth-order valence-corrected chi connectivity index (χ4v) is 5.37. The van der Waals surface area contributed by atoms with Gasteiger partial charge in [-0.05, 0) is 62.6 Å². The van der Waals surface area contributed by atoms with Crippen molar-refractivity contribution in [1.82, 2.24) is 29.7 Å². The second-order valence-corrected chi connectivity index (χ2v) is 9.95. The van der Waals surface area contributed by atoms with E-state index in [1.807, 2.05) is 6.92 Å². The summed E-state index contributed by atoms with van der Waals surface area (Å²) in [5, 5.41) is 4.13. The monoisotopic (exact) mass is 535 g/mol. The topological polar surface area (TPSA) is 84.8 Å². The number of alkyl halides is 3. The maximum absolute atomic E-state index is 13.6. The lowest BCUT2D eigenvalue weighted by molar-refractivity contribution is -0.0498. The number of hydrogen-bond acceptors (Lipinski definition) is 6. The van der Waals surface area contributed by atoms with Crippen molar-refractivity contribution in [2.24, 2.45) is 0 Å². The molecule has 1 aliphatic heterocycles. The third-order valence-corrected chi connectivity index (χ3v) is 7.40. The molecule has 1 unspecified atom stereocenters. The average Bonchev–Trinajstić information content (AvgIpc) is 3.67. The van der Waals surface area contributed by atoms with Crippen LogP contribution in [0.2, 0.25) is 0 Å². The molecule has 0 saturated carbocycles. The lowest BCUT2D eigenvalue weighted by atomic mass is 9.96. The molecule has 11 heteroatoms. The van der Waals surface area contributed by atoms with Gasteiger partial charge in [0.25, 0.3) is 0 Å². The smallest absolute Gasteiger partial charge is 0.387 e. The van der Waals surface area contributed by atoms with Crippen LogP contribution >= 0.6 is 0 Å².